The zero-order valence-corrected chi connectivity index (χ0v) is 17.3. The zero-order chi connectivity index (χ0) is 19.7. The molecule has 28 heavy (non-hydrogen) atoms. The van der Waals surface area contributed by atoms with E-state index in [1.165, 1.54) is 0 Å². The lowest BCUT2D eigenvalue weighted by Crippen LogP contribution is -2.52. The smallest absolute Gasteiger partial charge is 0.319 e. The Kier molecular flexibility index (Phi) is 6.11. The first-order valence-electron chi connectivity index (χ1n) is 11.0. The van der Waals surface area contributed by atoms with Gasteiger partial charge in [-0.2, -0.15) is 0 Å². The normalized spacial score (nSPS) is 31.9. The van der Waals surface area contributed by atoms with Crippen molar-refractivity contribution in [1.29, 1.82) is 0 Å². The number of carbonyl (C=O) groups excluding carboxylic acids is 2. The number of urea groups is 1. The fraction of sp³-hybridized carbons (Fsp3) is 0.905. The Bertz CT molecular complexity index is 556. The first-order chi connectivity index (χ1) is 13.5. The van der Waals surface area contributed by atoms with Gasteiger partial charge < -0.3 is 24.2 Å². The zero-order valence-electron chi connectivity index (χ0n) is 17.3. The molecule has 4 saturated heterocycles. The van der Waals surface area contributed by atoms with Crippen LogP contribution in [0.25, 0.3) is 0 Å². The Hall–Kier alpha value is -1.34. The summed E-state index contributed by atoms with van der Waals surface area (Å²) in [6, 6.07) is 0.800. The van der Waals surface area contributed by atoms with E-state index >= 15 is 0 Å². The van der Waals surface area contributed by atoms with Gasteiger partial charge in [0.2, 0.25) is 5.91 Å². The van der Waals surface area contributed by atoms with E-state index in [9.17, 15) is 9.59 Å². The molecule has 0 aromatic rings. The number of ether oxygens (including phenoxy) is 2. The summed E-state index contributed by atoms with van der Waals surface area (Å²) in [5.74, 6) is 0.468. The number of fused-ring (bicyclic) bond motifs is 2. The number of rotatable bonds is 3. The second-order valence-electron chi connectivity index (χ2n) is 9.11. The van der Waals surface area contributed by atoms with Gasteiger partial charge in [0.15, 0.2) is 0 Å². The van der Waals surface area contributed by atoms with Crippen LogP contribution in [0.3, 0.4) is 0 Å². The summed E-state index contributed by atoms with van der Waals surface area (Å²) in [4.78, 5) is 31.0. The van der Waals surface area contributed by atoms with Crippen molar-refractivity contribution >= 4 is 11.9 Å². The van der Waals surface area contributed by atoms with Crippen molar-refractivity contribution in [1.82, 2.24) is 14.7 Å². The van der Waals surface area contributed by atoms with Gasteiger partial charge in [0.1, 0.15) is 0 Å². The molecule has 7 nitrogen and oxygen atoms in total. The maximum Gasteiger partial charge on any atom is 0.319 e. The summed E-state index contributed by atoms with van der Waals surface area (Å²) >= 11 is 0. The molecular weight excluding hydrogens is 358 g/mol. The topological polar surface area (TPSA) is 62.3 Å². The van der Waals surface area contributed by atoms with Crippen LogP contribution in [0.15, 0.2) is 0 Å². The molecule has 7 heteroatoms. The van der Waals surface area contributed by atoms with Gasteiger partial charge in [-0.05, 0) is 51.4 Å². The molecule has 0 radical (unpaired) electrons. The van der Waals surface area contributed by atoms with Gasteiger partial charge in [0, 0.05) is 58.4 Å². The quantitative estimate of drug-likeness (QED) is 0.737. The van der Waals surface area contributed by atoms with Gasteiger partial charge in [-0.1, -0.05) is 0 Å². The third-order valence-corrected chi connectivity index (χ3v) is 7.00. The Morgan fingerprint density at radius 2 is 1.50 bits per heavy atom. The van der Waals surface area contributed by atoms with E-state index in [1.54, 1.807) is 4.90 Å². The molecule has 4 fully saturated rings. The molecule has 4 rings (SSSR count). The minimum Gasteiger partial charge on any atom is -0.381 e. The molecule has 0 spiro atoms. The first kappa shape index (κ1) is 20.0. The van der Waals surface area contributed by atoms with E-state index in [2.05, 4.69) is 4.90 Å². The van der Waals surface area contributed by atoms with Crippen LogP contribution in [-0.4, -0.2) is 91.3 Å². The SMILES string of the molecule is CN(C)C(=O)N1[C@@H]2CC[C@H]1CC(OC1CCN(C(=O)C3CCOCC3)CC1)C2. The molecule has 0 aliphatic carbocycles. The van der Waals surface area contributed by atoms with Crippen LogP contribution >= 0.6 is 0 Å². The molecule has 0 N–H and O–H groups in total. The molecule has 3 atom stereocenters. The van der Waals surface area contributed by atoms with Gasteiger partial charge in [-0.25, -0.2) is 4.79 Å². The summed E-state index contributed by atoms with van der Waals surface area (Å²) in [6.45, 7) is 3.05. The van der Waals surface area contributed by atoms with Gasteiger partial charge in [0.05, 0.1) is 12.2 Å². The minimum atomic E-state index is 0.144. The molecule has 4 aliphatic rings. The highest BCUT2D eigenvalue weighted by Gasteiger charge is 2.44. The summed E-state index contributed by atoms with van der Waals surface area (Å²) in [5.41, 5.74) is 0. The van der Waals surface area contributed by atoms with Crippen LogP contribution in [0, 0.1) is 5.92 Å². The Labute approximate surface area is 168 Å². The summed E-state index contributed by atoms with van der Waals surface area (Å²) in [6.07, 6.45) is 8.21. The van der Waals surface area contributed by atoms with Crippen molar-refractivity contribution < 1.29 is 19.1 Å². The molecule has 1 unspecified atom stereocenters. The van der Waals surface area contributed by atoms with Crippen molar-refractivity contribution in [2.24, 2.45) is 5.92 Å². The van der Waals surface area contributed by atoms with Gasteiger partial charge in [0.25, 0.3) is 0 Å². The number of nitrogens with zero attached hydrogens (tertiary/aromatic N) is 3. The molecule has 4 aliphatic heterocycles. The number of hydrogen-bond acceptors (Lipinski definition) is 4. The number of hydrogen-bond donors (Lipinski definition) is 0. The largest absolute Gasteiger partial charge is 0.381 e. The second-order valence-corrected chi connectivity index (χ2v) is 9.11. The number of amides is 3. The van der Waals surface area contributed by atoms with E-state index in [1.807, 2.05) is 19.0 Å². The lowest BCUT2D eigenvalue weighted by molar-refractivity contribution is -0.142. The lowest BCUT2D eigenvalue weighted by Gasteiger charge is -2.42. The van der Waals surface area contributed by atoms with Gasteiger partial charge >= 0.3 is 6.03 Å². The van der Waals surface area contributed by atoms with E-state index in [0.29, 0.717) is 31.2 Å². The summed E-state index contributed by atoms with van der Waals surface area (Å²) in [5, 5.41) is 0. The highest BCUT2D eigenvalue weighted by Crippen LogP contribution is 2.38. The summed E-state index contributed by atoms with van der Waals surface area (Å²) in [7, 11) is 3.67. The van der Waals surface area contributed by atoms with Crippen LogP contribution in [0.1, 0.15) is 51.4 Å². The van der Waals surface area contributed by atoms with E-state index in [-0.39, 0.29) is 24.2 Å². The van der Waals surface area contributed by atoms with Crippen LogP contribution in [-0.2, 0) is 14.3 Å². The number of carbonyl (C=O) groups is 2. The maximum atomic E-state index is 12.7. The number of piperidine rings is 2. The fourth-order valence-electron chi connectivity index (χ4n) is 5.47. The standard InChI is InChI=1S/C21H35N3O4/c1-22(2)21(26)24-16-3-4-17(24)14-19(13-16)28-18-5-9-23(10-6-18)20(25)15-7-11-27-12-8-15/h15-19H,3-14H2,1-2H3/t16-,17+,19?. The third-order valence-electron chi connectivity index (χ3n) is 7.00. The lowest BCUT2D eigenvalue weighted by atomic mass is 9.96. The van der Waals surface area contributed by atoms with Crippen LogP contribution in [0.5, 0.6) is 0 Å². The molecule has 0 saturated carbocycles. The van der Waals surface area contributed by atoms with E-state index < -0.39 is 0 Å². The maximum absolute atomic E-state index is 12.7. The molecule has 0 aromatic heterocycles. The van der Waals surface area contributed by atoms with Crippen molar-refractivity contribution in [3.63, 3.8) is 0 Å². The molecule has 158 valence electrons. The predicted octanol–water partition coefficient (Wildman–Crippen LogP) is 2.10. The number of likely N-dealkylation sites (tertiary alicyclic amines) is 1. The molecule has 2 bridgehead atoms. The molecule has 3 amide bonds. The van der Waals surface area contributed by atoms with Crippen molar-refractivity contribution in [2.75, 3.05) is 40.4 Å². The first-order valence-corrected chi connectivity index (χ1v) is 11.0. The molecular formula is C21H35N3O4. The Balaban J connectivity index is 1.24. The molecule has 0 aromatic carbocycles. The van der Waals surface area contributed by atoms with E-state index in [4.69, 9.17) is 9.47 Å². The minimum absolute atomic E-state index is 0.144. The van der Waals surface area contributed by atoms with Crippen LogP contribution < -0.4 is 0 Å². The average Bonchev–Trinajstić information content (AvgIpc) is 2.98. The van der Waals surface area contributed by atoms with Crippen molar-refractivity contribution in [3.05, 3.63) is 0 Å². The van der Waals surface area contributed by atoms with Crippen LogP contribution in [0.2, 0.25) is 0 Å². The summed E-state index contributed by atoms with van der Waals surface area (Å²) < 4.78 is 11.8. The Morgan fingerprint density at radius 1 is 0.893 bits per heavy atom. The van der Waals surface area contributed by atoms with Crippen molar-refractivity contribution in [2.45, 2.75) is 75.7 Å². The second kappa shape index (κ2) is 8.57. The van der Waals surface area contributed by atoms with E-state index in [0.717, 1.165) is 64.5 Å². The molecule has 4 heterocycles. The third kappa shape index (κ3) is 4.15. The highest BCUT2D eigenvalue weighted by atomic mass is 16.5. The van der Waals surface area contributed by atoms with Gasteiger partial charge in [-0.15, -0.1) is 0 Å². The van der Waals surface area contributed by atoms with Crippen molar-refractivity contribution in [3.8, 4) is 0 Å². The predicted molar refractivity (Wildman–Crippen MR) is 105 cm³/mol. The van der Waals surface area contributed by atoms with Gasteiger partial charge in [-0.3, -0.25) is 4.79 Å². The highest BCUT2D eigenvalue weighted by molar-refractivity contribution is 5.79. The average molecular weight is 394 g/mol. The van der Waals surface area contributed by atoms with Crippen LogP contribution in [0.4, 0.5) is 4.79 Å². The fourth-order valence-corrected chi connectivity index (χ4v) is 5.47. The Morgan fingerprint density at radius 3 is 2.07 bits per heavy atom. The monoisotopic (exact) mass is 393 g/mol.